The minimum atomic E-state index is -0.0475. The van der Waals surface area contributed by atoms with E-state index in [1.54, 1.807) is 5.56 Å². The number of fused-ring (bicyclic) bond motifs is 7. The SMILES string of the molecule is CC1(C)c2ccc(N(c3ccc(C4CCCCC4)cc3)c3ccc4ccccc4c3-c3ccc4c(c3)sc3ccccc34)cc2-c2c(C3CCCCC3)cccc21. The summed E-state index contributed by atoms with van der Waals surface area (Å²) in [6.07, 6.45) is 13.3. The molecule has 2 saturated carbocycles. The average molecular weight is 758 g/mol. The first kappa shape index (κ1) is 35.0. The van der Waals surface area contributed by atoms with E-state index in [0.717, 1.165) is 0 Å². The smallest absolute Gasteiger partial charge is 0.0546 e. The number of hydrogen-bond acceptors (Lipinski definition) is 2. The van der Waals surface area contributed by atoms with Gasteiger partial charge in [0.15, 0.2) is 0 Å². The van der Waals surface area contributed by atoms with E-state index in [-0.39, 0.29) is 5.41 Å². The highest BCUT2D eigenvalue weighted by atomic mass is 32.1. The van der Waals surface area contributed by atoms with Crippen LogP contribution in [0.2, 0.25) is 0 Å². The lowest BCUT2D eigenvalue weighted by Crippen LogP contribution is -2.16. The van der Waals surface area contributed by atoms with Gasteiger partial charge in [0.1, 0.15) is 0 Å². The zero-order valence-electron chi connectivity index (χ0n) is 33.4. The Bertz CT molecular complexity index is 2790. The van der Waals surface area contributed by atoms with Gasteiger partial charge in [-0.3, -0.25) is 0 Å². The number of nitrogens with zero attached hydrogens (tertiary/aromatic N) is 1. The van der Waals surface area contributed by atoms with Gasteiger partial charge in [-0.1, -0.05) is 149 Å². The molecule has 2 fully saturated rings. The van der Waals surface area contributed by atoms with Crippen LogP contribution in [0.15, 0.2) is 140 Å². The number of benzene rings is 7. The fourth-order valence-corrected chi connectivity index (χ4v) is 12.2. The summed E-state index contributed by atoms with van der Waals surface area (Å²) in [5.41, 5.74) is 15.1. The molecule has 0 amide bonds. The van der Waals surface area contributed by atoms with Crippen molar-refractivity contribution in [1.82, 2.24) is 0 Å². The molecule has 2 heteroatoms. The summed E-state index contributed by atoms with van der Waals surface area (Å²) >= 11 is 1.90. The van der Waals surface area contributed by atoms with Crippen LogP contribution in [0.25, 0.3) is 53.2 Å². The normalized spacial score (nSPS) is 16.9. The Hall–Kier alpha value is -5.18. The molecule has 3 aliphatic rings. The number of rotatable bonds is 6. The molecule has 1 aromatic heterocycles. The molecule has 0 spiro atoms. The molecule has 3 aliphatic carbocycles. The highest BCUT2D eigenvalue weighted by Crippen LogP contribution is 2.55. The van der Waals surface area contributed by atoms with Gasteiger partial charge in [0.05, 0.1) is 5.69 Å². The highest BCUT2D eigenvalue weighted by molar-refractivity contribution is 7.25. The van der Waals surface area contributed by atoms with E-state index >= 15 is 0 Å². The van der Waals surface area contributed by atoms with E-state index in [0.29, 0.717) is 11.8 Å². The lowest BCUT2D eigenvalue weighted by molar-refractivity contribution is 0.443. The van der Waals surface area contributed by atoms with E-state index in [1.807, 2.05) is 11.3 Å². The van der Waals surface area contributed by atoms with Crippen molar-refractivity contribution in [3.8, 4) is 22.3 Å². The van der Waals surface area contributed by atoms with Crippen LogP contribution >= 0.6 is 11.3 Å². The Kier molecular flexibility index (Phi) is 8.62. The van der Waals surface area contributed by atoms with Crippen LogP contribution in [0.5, 0.6) is 0 Å². The molecule has 0 unspecified atom stereocenters. The molecular formula is C55H51NS. The molecular weight excluding hydrogens is 707 g/mol. The molecule has 1 heterocycles. The third-order valence-electron chi connectivity index (χ3n) is 14.1. The lowest BCUT2D eigenvalue weighted by atomic mass is 9.78. The third kappa shape index (κ3) is 5.86. The van der Waals surface area contributed by atoms with Gasteiger partial charge < -0.3 is 4.90 Å². The molecule has 0 atom stereocenters. The van der Waals surface area contributed by atoms with Gasteiger partial charge in [-0.15, -0.1) is 11.3 Å². The van der Waals surface area contributed by atoms with Crippen molar-refractivity contribution in [3.05, 3.63) is 162 Å². The second kappa shape index (κ2) is 14.0. The molecule has 282 valence electrons. The molecule has 0 aliphatic heterocycles. The van der Waals surface area contributed by atoms with Crippen molar-refractivity contribution < 1.29 is 0 Å². The Morgan fingerprint density at radius 3 is 2.02 bits per heavy atom. The van der Waals surface area contributed by atoms with Crippen molar-refractivity contribution in [2.75, 3.05) is 4.90 Å². The van der Waals surface area contributed by atoms with Crippen LogP contribution in [0.3, 0.4) is 0 Å². The second-order valence-electron chi connectivity index (χ2n) is 17.7. The molecule has 8 aromatic rings. The van der Waals surface area contributed by atoms with Crippen molar-refractivity contribution in [1.29, 1.82) is 0 Å². The van der Waals surface area contributed by atoms with E-state index in [9.17, 15) is 0 Å². The van der Waals surface area contributed by atoms with E-state index in [4.69, 9.17) is 0 Å². The summed E-state index contributed by atoms with van der Waals surface area (Å²) in [6.45, 7) is 4.88. The highest BCUT2D eigenvalue weighted by Gasteiger charge is 2.38. The van der Waals surface area contributed by atoms with Crippen LogP contribution < -0.4 is 4.90 Å². The minimum Gasteiger partial charge on any atom is -0.310 e. The largest absolute Gasteiger partial charge is 0.310 e. The maximum atomic E-state index is 2.58. The number of hydrogen-bond donors (Lipinski definition) is 0. The Morgan fingerprint density at radius 1 is 0.509 bits per heavy atom. The second-order valence-corrected chi connectivity index (χ2v) is 18.8. The molecule has 7 aromatic carbocycles. The van der Waals surface area contributed by atoms with Crippen LogP contribution in [0.1, 0.15) is 112 Å². The average Bonchev–Trinajstić information content (AvgIpc) is 3.75. The molecule has 57 heavy (non-hydrogen) atoms. The van der Waals surface area contributed by atoms with Crippen LogP contribution in [-0.4, -0.2) is 0 Å². The number of thiophene rings is 1. The predicted molar refractivity (Wildman–Crippen MR) is 246 cm³/mol. The fraction of sp³-hybridized carbons (Fsp3) is 0.273. The summed E-state index contributed by atoms with van der Waals surface area (Å²) in [7, 11) is 0. The topological polar surface area (TPSA) is 3.24 Å². The molecule has 0 radical (unpaired) electrons. The maximum Gasteiger partial charge on any atom is 0.0546 e. The van der Waals surface area contributed by atoms with Crippen molar-refractivity contribution in [2.45, 2.75) is 95.3 Å². The Morgan fingerprint density at radius 2 is 1.21 bits per heavy atom. The zero-order chi connectivity index (χ0) is 38.1. The van der Waals surface area contributed by atoms with Gasteiger partial charge >= 0.3 is 0 Å². The summed E-state index contributed by atoms with van der Waals surface area (Å²) in [5, 5.41) is 5.23. The van der Waals surface area contributed by atoms with Crippen molar-refractivity contribution in [3.63, 3.8) is 0 Å². The zero-order valence-corrected chi connectivity index (χ0v) is 34.2. The standard InChI is InChI=1S/C55H51NS/c1-55(2)48-32-30-42(35-47(48)54-44(21-13-22-49(54)55)38-16-7-4-8-17-38)56(41-28-24-37(25-29-41)36-14-5-3-6-15-36)50-33-27-39-18-9-10-19-43(39)53(50)40-26-31-46-45-20-11-12-23-51(45)57-52(46)34-40/h9-13,18-36,38H,3-8,14-17H2,1-2H3. The molecule has 11 rings (SSSR count). The minimum absolute atomic E-state index is 0.0475. The monoisotopic (exact) mass is 757 g/mol. The van der Waals surface area contributed by atoms with Gasteiger partial charge in [-0.05, 0) is 130 Å². The Balaban J connectivity index is 1.14. The first-order chi connectivity index (χ1) is 28.0. The number of anilines is 3. The van der Waals surface area contributed by atoms with Crippen molar-refractivity contribution >= 4 is 59.3 Å². The quantitative estimate of drug-likeness (QED) is 0.163. The van der Waals surface area contributed by atoms with Gasteiger partial charge in [-0.25, -0.2) is 0 Å². The maximum absolute atomic E-state index is 2.58. The first-order valence-electron chi connectivity index (χ1n) is 21.6. The molecule has 0 N–H and O–H groups in total. The van der Waals surface area contributed by atoms with Crippen LogP contribution in [0, 0.1) is 0 Å². The van der Waals surface area contributed by atoms with Crippen LogP contribution in [-0.2, 0) is 5.41 Å². The summed E-state index contributed by atoms with van der Waals surface area (Å²) in [6, 6.07) is 54.1. The van der Waals surface area contributed by atoms with Gasteiger partial charge in [-0.2, -0.15) is 0 Å². The summed E-state index contributed by atoms with van der Waals surface area (Å²) in [5.74, 6) is 1.31. The Labute approximate surface area is 342 Å². The van der Waals surface area contributed by atoms with E-state index in [2.05, 4.69) is 158 Å². The first-order valence-corrected chi connectivity index (χ1v) is 22.5. The third-order valence-corrected chi connectivity index (χ3v) is 15.2. The molecule has 0 bridgehead atoms. The summed E-state index contributed by atoms with van der Waals surface area (Å²) in [4.78, 5) is 2.58. The predicted octanol–water partition coefficient (Wildman–Crippen LogP) is 16.7. The van der Waals surface area contributed by atoms with Gasteiger partial charge in [0.2, 0.25) is 0 Å². The van der Waals surface area contributed by atoms with Crippen LogP contribution in [0.4, 0.5) is 17.1 Å². The van der Waals surface area contributed by atoms with Gasteiger partial charge in [0.25, 0.3) is 0 Å². The molecule has 1 nitrogen and oxygen atoms in total. The molecule has 0 saturated heterocycles. The summed E-state index contributed by atoms with van der Waals surface area (Å²) < 4.78 is 2.68. The fourth-order valence-electron chi connectivity index (χ4n) is 11.1. The van der Waals surface area contributed by atoms with Crippen molar-refractivity contribution in [2.24, 2.45) is 0 Å². The lowest BCUT2D eigenvalue weighted by Gasteiger charge is -2.30. The van der Waals surface area contributed by atoms with E-state index in [1.165, 1.54) is 151 Å². The van der Waals surface area contributed by atoms with E-state index < -0.39 is 0 Å². The van der Waals surface area contributed by atoms with Gasteiger partial charge in [0, 0.05) is 42.5 Å².